The molecule has 13 heavy (non-hydrogen) atoms. The van der Waals surface area contributed by atoms with Crippen molar-refractivity contribution in [1.29, 1.82) is 0 Å². The first-order valence-corrected chi connectivity index (χ1v) is 4.79. The zero-order valence-electron chi connectivity index (χ0n) is 9.05. The summed E-state index contributed by atoms with van der Waals surface area (Å²) in [7, 11) is 0. The molecule has 0 aliphatic carbocycles. The van der Waals surface area contributed by atoms with Gasteiger partial charge in [0.2, 0.25) is 0 Å². The Balaban J connectivity index is 3.80. The monoisotopic (exact) mass is 188 g/mol. The minimum absolute atomic E-state index is 0.00259. The van der Waals surface area contributed by atoms with Crippen molar-refractivity contribution in [2.24, 2.45) is 0 Å². The van der Waals surface area contributed by atoms with Gasteiger partial charge in [-0.3, -0.25) is 4.79 Å². The molecule has 0 aromatic heterocycles. The highest BCUT2D eigenvalue weighted by Crippen LogP contribution is 2.10. The van der Waals surface area contributed by atoms with Crippen LogP contribution in [0.25, 0.3) is 0 Å². The first-order valence-electron chi connectivity index (χ1n) is 4.79. The molecule has 0 saturated carbocycles. The fraction of sp³-hybridized carbons (Fsp3) is 0.900. The Morgan fingerprint density at radius 3 is 2.38 bits per heavy atom. The van der Waals surface area contributed by atoms with Gasteiger partial charge in [-0.05, 0) is 27.2 Å². The largest absolute Gasteiger partial charge is 0.374 e. The highest BCUT2D eigenvalue weighted by molar-refractivity contribution is 5.87. The highest BCUT2D eigenvalue weighted by atomic mass is 16.5. The van der Waals surface area contributed by atoms with Crippen LogP contribution in [0.3, 0.4) is 0 Å². The van der Waals surface area contributed by atoms with Crippen LogP contribution in [0.5, 0.6) is 0 Å². The summed E-state index contributed by atoms with van der Waals surface area (Å²) in [5.74, 6) is 0.00259. The van der Waals surface area contributed by atoms with Crippen LogP contribution in [0.1, 0.15) is 34.1 Å². The van der Waals surface area contributed by atoms with E-state index < -0.39 is 5.60 Å². The molecule has 0 bridgehead atoms. The van der Waals surface area contributed by atoms with Gasteiger partial charge in [0, 0.05) is 13.2 Å². The second-order valence-corrected chi connectivity index (χ2v) is 3.42. The summed E-state index contributed by atoms with van der Waals surface area (Å²) < 4.78 is 10.4. The van der Waals surface area contributed by atoms with E-state index in [2.05, 4.69) is 0 Å². The van der Waals surface area contributed by atoms with Crippen molar-refractivity contribution in [3.63, 3.8) is 0 Å². The molecule has 0 rings (SSSR count). The van der Waals surface area contributed by atoms with E-state index >= 15 is 0 Å². The SMILES string of the molecule is CCCOCC(=O)C(C)(C)OCC. The molecule has 3 heteroatoms. The Bertz CT molecular complexity index is 152. The minimum atomic E-state index is -0.706. The molecule has 0 N–H and O–H groups in total. The maximum absolute atomic E-state index is 11.5. The van der Waals surface area contributed by atoms with Crippen LogP contribution in [0.15, 0.2) is 0 Å². The van der Waals surface area contributed by atoms with Gasteiger partial charge in [0.25, 0.3) is 0 Å². The number of hydrogen-bond donors (Lipinski definition) is 0. The first kappa shape index (κ1) is 12.6. The van der Waals surface area contributed by atoms with E-state index in [0.717, 1.165) is 6.42 Å². The van der Waals surface area contributed by atoms with E-state index in [4.69, 9.17) is 9.47 Å². The van der Waals surface area contributed by atoms with E-state index in [9.17, 15) is 4.79 Å². The number of rotatable bonds is 7. The third-order valence-electron chi connectivity index (χ3n) is 1.76. The second-order valence-electron chi connectivity index (χ2n) is 3.42. The molecule has 0 fully saturated rings. The summed E-state index contributed by atoms with van der Waals surface area (Å²) in [6.45, 7) is 8.77. The van der Waals surface area contributed by atoms with E-state index in [1.807, 2.05) is 13.8 Å². The highest BCUT2D eigenvalue weighted by Gasteiger charge is 2.27. The van der Waals surface area contributed by atoms with Crippen LogP contribution in [0.4, 0.5) is 0 Å². The van der Waals surface area contributed by atoms with Gasteiger partial charge in [0.1, 0.15) is 12.2 Å². The van der Waals surface area contributed by atoms with Crippen molar-refractivity contribution in [2.75, 3.05) is 19.8 Å². The second kappa shape index (κ2) is 6.11. The van der Waals surface area contributed by atoms with Crippen molar-refractivity contribution in [3.05, 3.63) is 0 Å². The number of ether oxygens (including phenoxy) is 2. The molecule has 78 valence electrons. The van der Waals surface area contributed by atoms with Gasteiger partial charge in [-0.15, -0.1) is 0 Å². The lowest BCUT2D eigenvalue weighted by Crippen LogP contribution is -2.37. The van der Waals surface area contributed by atoms with Crippen LogP contribution in [-0.4, -0.2) is 31.2 Å². The number of hydrogen-bond acceptors (Lipinski definition) is 3. The molecule has 0 atom stereocenters. The summed E-state index contributed by atoms with van der Waals surface area (Å²) >= 11 is 0. The first-order chi connectivity index (χ1) is 6.04. The van der Waals surface area contributed by atoms with E-state index in [-0.39, 0.29) is 12.4 Å². The maximum Gasteiger partial charge on any atom is 0.189 e. The van der Waals surface area contributed by atoms with Gasteiger partial charge in [0.15, 0.2) is 5.78 Å². The summed E-state index contributed by atoms with van der Waals surface area (Å²) in [6, 6.07) is 0. The molecule has 0 heterocycles. The lowest BCUT2D eigenvalue weighted by atomic mass is 10.0. The van der Waals surface area contributed by atoms with Gasteiger partial charge in [-0.25, -0.2) is 0 Å². The molecular weight excluding hydrogens is 168 g/mol. The fourth-order valence-electron chi connectivity index (χ4n) is 0.924. The van der Waals surface area contributed by atoms with Crippen molar-refractivity contribution in [1.82, 2.24) is 0 Å². The number of carbonyl (C=O) groups excluding carboxylic acids is 1. The number of ketones is 1. The molecule has 0 unspecified atom stereocenters. The van der Waals surface area contributed by atoms with Gasteiger partial charge < -0.3 is 9.47 Å². The molecular formula is C10H20O3. The summed E-state index contributed by atoms with van der Waals surface area (Å²) in [5, 5.41) is 0. The van der Waals surface area contributed by atoms with Crippen LogP contribution in [0.2, 0.25) is 0 Å². The molecule has 0 aromatic rings. The van der Waals surface area contributed by atoms with Crippen molar-refractivity contribution in [2.45, 2.75) is 39.7 Å². The summed E-state index contributed by atoms with van der Waals surface area (Å²) in [6.07, 6.45) is 0.933. The van der Waals surface area contributed by atoms with E-state index in [1.54, 1.807) is 13.8 Å². The Hall–Kier alpha value is -0.410. The van der Waals surface area contributed by atoms with Gasteiger partial charge in [0.05, 0.1) is 0 Å². The average molecular weight is 188 g/mol. The quantitative estimate of drug-likeness (QED) is 0.571. The van der Waals surface area contributed by atoms with Crippen LogP contribution >= 0.6 is 0 Å². The maximum atomic E-state index is 11.5. The van der Waals surface area contributed by atoms with Gasteiger partial charge in [-0.1, -0.05) is 6.92 Å². The van der Waals surface area contributed by atoms with Gasteiger partial charge in [-0.2, -0.15) is 0 Å². The molecule has 0 aromatic carbocycles. The summed E-state index contributed by atoms with van der Waals surface area (Å²) in [4.78, 5) is 11.5. The molecule has 0 saturated heterocycles. The zero-order chi connectivity index (χ0) is 10.3. The third kappa shape index (κ3) is 5.01. The molecule has 0 radical (unpaired) electrons. The Kier molecular flexibility index (Phi) is 5.91. The van der Waals surface area contributed by atoms with E-state index in [1.165, 1.54) is 0 Å². The Morgan fingerprint density at radius 2 is 1.92 bits per heavy atom. The fourth-order valence-corrected chi connectivity index (χ4v) is 0.924. The summed E-state index contributed by atoms with van der Waals surface area (Å²) in [5.41, 5.74) is -0.706. The number of Topliss-reactive ketones (excluding diaryl/α,β-unsaturated/α-hetero) is 1. The van der Waals surface area contributed by atoms with Gasteiger partial charge >= 0.3 is 0 Å². The lowest BCUT2D eigenvalue weighted by molar-refractivity contribution is -0.144. The molecule has 0 aliphatic rings. The van der Waals surface area contributed by atoms with Crippen molar-refractivity contribution in [3.8, 4) is 0 Å². The van der Waals surface area contributed by atoms with Crippen LogP contribution < -0.4 is 0 Å². The Labute approximate surface area is 80.4 Å². The van der Waals surface area contributed by atoms with Crippen LogP contribution in [0, 0.1) is 0 Å². The zero-order valence-corrected chi connectivity index (χ0v) is 9.05. The minimum Gasteiger partial charge on any atom is -0.374 e. The Morgan fingerprint density at radius 1 is 1.31 bits per heavy atom. The standard InChI is InChI=1S/C10H20O3/c1-5-7-12-8-9(11)10(3,4)13-6-2/h5-8H2,1-4H3. The molecule has 0 spiro atoms. The normalized spacial score (nSPS) is 11.7. The molecule has 3 nitrogen and oxygen atoms in total. The van der Waals surface area contributed by atoms with Crippen molar-refractivity contribution < 1.29 is 14.3 Å². The smallest absolute Gasteiger partial charge is 0.189 e. The predicted molar refractivity (Wildman–Crippen MR) is 51.8 cm³/mol. The number of carbonyl (C=O) groups is 1. The average Bonchev–Trinajstić information content (AvgIpc) is 2.04. The third-order valence-corrected chi connectivity index (χ3v) is 1.76. The van der Waals surface area contributed by atoms with E-state index in [0.29, 0.717) is 13.2 Å². The predicted octanol–water partition coefficient (Wildman–Crippen LogP) is 1.80. The topological polar surface area (TPSA) is 35.5 Å². The molecule has 0 aliphatic heterocycles. The lowest BCUT2D eigenvalue weighted by Gasteiger charge is -2.22. The molecule has 0 amide bonds. The van der Waals surface area contributed by atoms with Crippen LogP contribution in [-0.2, 0) is 14.3 Å². The van der Waals surface area contributed by atoms with Crippen molar-refractivity contribution >= 4 is 5.78 Å².